The van der Waals surface area contributed by atoms with Crippen LogP contribution >= 0.6 is 22.6 Å². The van der Waals surface area contributed by atoms with E-state index >= 15 is 0 Å². The van der Waals surface area contributed by atoms with Crippen molar-refractivity contribution in [3.63, 3.8) is 0 Å². The summed E-state index contributed by atoms with van der Waals surface area (Å²) < 4.78 is 1.11. The SMILES string of the molecule is CCCCc1cccc(C=O)c1I. The van der Waals surface area contributed by atoms with Gasteiger partial charge in [0.15, 0.2) is 6.29 Å². The lowest BCUT2D eigenvalue weighted by Crippen LogP contribution is -1.94. The highest BCUT2D eigenvalue weighted by molar-refractivity contribution is 14.1. The number of rotatable bonds is 4. The Morgan fingerprint density at radius 3 is 2.85 bits per heavy atom. The summed E-state index contributed by atoms with van der Waals surface area (Å²) in [7, 11) is 0. The Labute approximate surface area is 92.7 Å². The van der Waals surface area contributed by atoms with Crippen LogP contribution in [-0.2, 0) is 6.42 Å². The van der Waals surface area contributed by atoms with Crippen LogP contribution in [0.25, 0.3) is 0 Å². The van der Waals surface area contributed by atoms with E-state index in [1.807, 2.05) is 12.1 Å². The van der Waals surface area contributed by atoms with Crippen LogP contribution in [0.15, 0.2) is 18.2 Å². The Morgan fingerprint density at radius 2 is 2.23 bits per heavy atom. The van der Waals surface area contributed by atoms with Gasteiger partial charge in [-0.05, 0) is 41.0 Å². The van der Waals surface area contributed by atoms with Gasteiger partial charge in [0.1, 0.15) is 0 Å². The summed E-state index contributed by atoms with van der Waals surface area (Å²) in [5.74, 6) is 0. The standard InChI is InChI=1S/C11H13IO/c1-2-3-5-9-6-4-7-10(8-13)11(9)12/h4,6-8H,2-3,5H2,1H3. The summed E-state index contributed by atoms with van der Waals surface area (Å²) in [6.45, 7) is 2.18. The molecule has 0 aromatic heterocycles. The molecule has 70 valence electrons. The van der Waals surface area contributed by atoms with E-state index in [1.54, 1.807) is 0 Å². The zero-order valence-corrected chi connectivity index (χ0v) is 9.87. The van der Waals surface area contributed by atoms with Crippen molar-refractivity contribution in [1.29, 1.82) is 0 Å². The van der Waals surface area contributed by atoms with Crippen molar-refractivity contribution < 1.29 is 4.79 Å². The predicted molar refractivity (Wildman–Crippen MR) is 63.2 cm³/mol. The molecule has 13 heavy (non-hydrogen) atoms. The average Bonchev–Trinajstić information content (AvgIpc) is 2.16. The maximum atomic E-state index is 10.6. The summed E-state index contributed by atoms with van der Waals surface area (Å²) in [6, 6.07) is 5.92. The normalized spacial score (nSPS) is 10.0. The van der Waals surface area contributed by atoms with Crippen LogP contribution in [0, 0.1) is 3.57 Å². The monoisotopic (exact) mass is 288 g/mol. The lowest BCUT2D eigenvalue weighted by atomic mass is 10.1. The predicted octanol–water partition coefficient (Wildman–Crippen LogP) is 3.45. The van der Waals surface area contributed by atoms with E-state index < -0.39 is 0 Å². The maximum Gasteiger partial charge on any atom is 0.151 e. The summed E-state index contributed by atoms with van der Waals surface area (Å²) in [4.78, 5) is 10.6. The van der Waals surface area contributed by atoms with Crippen LogP contribution in [0.4, 0.5) is 0 Å². The first-order valence-corrected chi connectivity index (χ1v) is 5.60. The van der Waals surface area contributed by atoms with E-state index in [9.17, 15) is 4.79 Å². The zero-order valence-electron chi connectivity index (χ0n) is 7.72. The van der Waals surface area contributed by atoms with E-state index in [4.69, 9.17) is 0 Å². The highest BCUT2D eigenvalue weighted by atomic mass is 127. The van der Waals surface area contributed by atoms with Crippen LogP contribution in [-0.4, -0.2) is 6.29 Å². The molecule has 2 heteroatoms. The molecule has 1 nitrogen and oxygen atoms in total. The molecule has 0 spiro atoms. The van der Waals surface area contributed by atoms with Crippen LogP contribution < -0.4 is 0 Å². The Bertz CT molecular complexity index is 294. The Morgan fingerprint density at radius 1 is 1.46 bits per heavy atom. The van der Waals surface area contributed by atoms with Crippen LogP contribution in [0.1, 0.15) is 35.7 Å². The Balaban J connectivity index is 2.87. The van der Waals surface area contributed by atoms with Crippen molar-refractivity contribution in [2.75, 3.05) is 0 Å². The van der Waals surface area contributed by atoms with E-state index in [0.717, 1.165) is 21.8 Å². The molecule has 0 N–H and O–H groups in total. The van der Waals surface area contributed by atoms with Gasteiger partial charge in [-0.15, -0.1) is 0 Å². The fraction of sp³-hybridized carbons (Fsp3) is 0.364. The van der Waals surface area contributed by atoms with Gasteiger partial charge in [-0.25, -0.2) is 0 Å². The summed E-state index contributed by atoms with van der Waals surface area (Å²) >= 11 is 2.25. The second-order valence-electron chi connectivity index (χ2n) is 3.04. The largest absolute Gasteiger partial charge is 0.298 e. The number of halogens is 1. The van der Waals surface area contributed by atoms with Crippen LogP contribution in [0.3, 0.4) is 0 Å². The van der Waals surface area contributed by atoms with Crippen LogP contribution in [0.5, 0.6) is 0 Å². The summed E-state index contributed by atoms with van der Waals surface area (Å²) in [5.41, 5.74) is 2.11. The van der Waals surface area contributed by atoms with Gasteiger partial charge in [0.05, 0.1) is 0 Å². The van der Waals surface area contributed by atoms with E-state index in [1.165, 1.54) is 18.4 Å². The fourth-order valence-electron chi connectivity index (χ4n) is 1.25. The maximum absolute atomic E-state index is 10.6. The Kier molecular flexibility index (Phi) is 4.42. The zero-order chi connectivity index (χ0) is 9.68. The molecule has 0 amide bonds. The number of carbonyl (C=O) groups excluding carboxylic acids is 1. The van der Waals surface area contributed by atoms with Crippen molar-refractivity contribution in [3.05, 3.63) is 32.9 Å². The lowest BCUT2D eigenvalue weighted by Gasteiger charge is -2.04. The molecule has 0 heterocycles. The first-order valence-electron chi connectivity index (χ1n) is 4.52. The lowest BCUT2D eigenvalue weighted by molar-refractivity contribution is 0.112. The summed E-state index contributed by atoms with van der Waals surface area (Å²) in [6.07, 6.45) is 4.40. The molecule has 1 aromatic carbocycles. The van der Waals surface area contributed by atoms with Crippen molar-refractivity contribution in [2.24, 2.45) is 0 Å². The molecule has 0 aliphatic carbocycles. The van der Waals surface area contributed by atoms with Gasteiger partial charge in [0, 0.05) is 9.13 Å². The molecule has 0 atom stereocenters. The quantitative estimate of drug-likeness (QED) is 0.612. The minimum absolute atomic E-state index is 0.814. The van der Waals surface area contributed by atoms with Gasteiger partial charge < -0.3 is 0 Å². The highest BCUT2D eigenvalue weighted by Gasteiger charge is 2.03. The van der Waals surface area contributed by atoms with Gasteiger partial charge in [0.25, 0.3) is 0 Å². The number of hydrogen-bond acceptors (Lipinski definition) is 1. The van der Waals surface area contributed by atoms with Crippen molar-refractivity contribution in [1.82, 2.24) is 0 Å². The minimum atomic E-state index is 0.814. The van der Waals surface area contributed by atoms with E-state index in [0.29, 0.717) is 0 Å². The molecular weight excluding hydrogens is 275 g/mol. The van der Waals surface area contributed by atoms with Crippen molar-refractivity contribution in [3.8, 4) is 0 Å². The molecule has 0 aliphatic heterocycles. The molecule has 0 bridgehead atoms. The number of aryl methyl sites for hydroxylation is 1. The third kappa shape index (κ3) is 2.79. The number of aldehydes is 1. The second-order valence-corrected chi connectivity index (χ2v) is 4.12. The molecule has 0 radical (unpaired) electrons. The number of benzene rings is 1. The Hall–Kier alpha value is -0.380. The van der Waals surface area contributed by atoms with Crippen LogP contribution in [0.2, 0.25) is 0 Å². The molecule has 0 unspecified atom stereocenters. The number of hydrogen-bond donors (Lipinski definition) is 0. The molecule has 0 aliphatic rings. The smallest absolute Gasteiger partial charge is 0.151 e. The number of unbranched alkanes of at least 4 members (excludes halogenated alkanes) is 1. The van der Waals surface area contributed by atoms with Crippen molar-refractivity contribution in [2.45, 2.75) is 26.2 Å². The second kappa shape index (κ2) is 5.37. The topological polar surface area (TPSA) is 17.1 Å². The van der Waals surface area contributed by atoms with Gasteiger partial charge >= 0.3 is 0 Å². The van der Waals surface area contributed by atoms with Gasteiger partial charge in [-0.2, -0.15) is 0 Å². The molecule has 0 saturated carbocycles. The average molecular weight is 288 g/mol. The molecule has 0 fully saturated rings. The molecule has 1 aromatic rings. The van der Waals surface area contributed by atoms with Gasteiger partial charge in [-0.3, -0.25) is 4.79 Å². The van der Waals surface area contributed by atoms with Crippen molar-refractivity contribution >= 4 is 28.9 Å². The number of carbonyl (C=O) groups is 1. The minimum Gasteiger partial charge on any atom is -0.298 e. The third-order valence-electron chi connectivity index (χ3n) is 2.04. The molecular formula is C11H13IO. The van der Waals surface area contributed by atoms with Gasteiger partial charge in [0.2, 0.25) is 0 Å². The first-order chi connectivity index (χ1) is 6.29. The first kappa shape index (κ1) is 10.7. The third-order valence-corrected chi connectivity index (χ3v) is 3.35. The molecule has 0 saturated heterocycles. The van der Waals surface area contributed by atoms with E-state index in [2.05, 4.69) is 35.6 Å². The summed E-state index contributed by atoms with van der Waals surface area (Å²) in [5, 5.41) is 0. The van der Waals surface area contributed by atoms with Gasteiger partial charge in [-0.1, -0.05) is 31.5 Å². The van der Waals surface area contributed by atoms with E-state index in [-0.39, 0.29) is 0 Å². The molecule has 1 rings (SSSR count). The highest BCUT2D eigenvalue weighted by Crippen LogP contribution is 2.17. The fourth-order valence-corrected chi connectivity index (χ4v) is 2.01.